The van der Waals surface area contributed by atoms with E-state index in [0.717, 1.165) is 24.9 Å². The van der Waals surface area contributed by atoms with Gasteiger partial charge in [-0.2, -0.15) is 11.8 Å². The largest absolute Gasteiger partial charge is 0.316 e. The monoisotopic (exact) mass is 287 g/mol. The fourth-order valence-electron chi connectivity index (χ4n) is 3.39. The lowest BCUT2D eigenvalue weighted by Crippen LogP contribution is -2.24. The van der Waals surface area contributed by atoms with Crippen LogP contribution in [0.15, 0.2) is 18.2 Å². The van der Waals surface area contributed by atoms with Crippen LogP contribution in [-0.4, -0.2) is 25.1 Å². The molecule has 0 unspecified atom stereocenters. The van der Waals surface area contributed by atoms with Gasteiger partial charge in [-0.05, 0) is 48.1 Å². The Bertz CT molecular complexity index is 451. The van der Waals surface area contributed by atoms with E-state index in [1.807, 2.05) is 17.8 Å². The molecule has 4 heteroatoms. The molecule has 1 saturated carbocycles. The minimum atomic E-state index is 0.331. The number of halogens is 2. The first kappa shape index (κ1) is 12.2. The van der Waals surface area contributed by atoms with Crippen molar-refractivity contribution < 1.29 is 0 Å². The molecule has 0 radical (unpaired) electrons. The van der Waals surface area contributed by atoms with Crippen molar-refractivity contribution >= 4 is 35.0 Å². The van der Waals surface area contributed by atoms with Crippen LogP contribution in [0.25, 0.3) is 0 Å². The Hall–Kier alpha value is 0.110. The smallest absolute Gasteiger partial charge is 0.0595 e. The van der Waals surface area contributed by atoms with Gasteiger partial charge >= 0.3 is 0 Å². The van der Waals surface area contributed by atoms with Crippen molar-refractivity contribution in [2.45, 2.75) is 5.41 Å². The molecule has 1 saturated heterocycles. The van der Waals surface area contributed by atoms with Gasteiger partial charge in [-0.1, -0.05) is 29.3 Å². The lowest BCUT2D eigenvalue weighted by atomic mass is 9.93. The summed E-state index contributed by atoms with van der Waals surface area (Å²) >= 11 is 14.1. The molecule has 0 spiro atoms. The lowest BCUT2D eigenvalue weighted by molar-refractivity contribution is 0.596. The molecule has 1 aromatic carbocycles. The molecular weight excluding hydrogens is 273 g/mol. The molecule has 1 aromatic rings. The number of fused-ring (bicyclic) bond motifs is 1. The fourth-order valence-corrected chi connectivity index (χ4v) is 4.57. The van der Waals surface area contributed by atoms with E-state index in [9.17, 15) is 0 Å². The number of benzene rings is 1. The molecule has 0 amide bonds. The molecule has 2 aliphatic rings. The first-order valence-corrected chi connectivity index (χ1v) is 8.00. The summed E-state index contributed by atoms with van der Waals surface area (Å²) < 4.78 is 0. The zero-order chi connectivity index (χ0) is 12.0. The van der Waals surface area contributed by atoms with Crippen molar-refractivity contribution in [2.75, 3.05) is 25.1 Å². The maximum Gasteiger partial charge on any atom is 0.0595 e. The third-order valence-electron chi connectivity index (χ3n) is 4.28. The van der Waals surface area contributed by atoms with Crippen LogP contribution in [0.5, 0.6) is 0 Å². The van der Waals surface area contributed by atoms with Gasteiger partial charge < -0.3 is 5.32 Å². The first-order valence-electron chi connectivity index (χ1n) is 5.85. The van der Waals surface area contributed by atoms with Gasteiger partial charge in [-0.25, -0.2) is 0 Å². The number of piperidine rings is 1. The van der Waals surface area contributed by atoms with E-state index in [0.29, 0.717) is 15.5 Å². The van der Waals surface area contributed by atoms with Crippen molar-refractivity contribution in [3.05, 3.63) is 33.8 Å². The van der Waals surface area contributed by atoms with Crippen molar-refractivity contribution in [1.82, 2.24) is 5.32 Å². The number of hydrogen-bond donors (Lipinski definition) is 1. The molecule has 92 valence electrons. The van der Waals surface area contributed by atoms with Crippen molar-refractivity contribution in [3.8, 4) is 0 Å². The SMILES string of the molecule is CSC[C@H]1[C@H]2CNC[C@]21c1ccc(Cl)c(Cl)c1. The van der Waals surface area contributed by atoms with Crippen LogP contribution >= 0.6 is 35.0 Å². The zero-order valence-corrected chi connectivity index (χ0v) is 12.0. The summed E-state index contributed by atoms with van der Waals surface area (Å²) in [5, 5.41) is 4.83. The summed E-state index contributed by atoms with van der Waals surface area (Å²) in [4.78, 5) is 0. The minimum Gasteiger partial charge on any atom is -0.316 e. The van der Waals surface area contributed by atoms with Gasteiger partial charge in [0.25, 0.3) is 0 Å². The molecule has 1 nitrogen and oxygen atoms in total. The number of hydrogen-bond acceptors (Lipinski definition) is 2. The second-order valence-corrected chi connectivity index (χ2v) is 6.69. The van der Waals surface area contributed by atoms with Crippen molar-refractivity contribution in [2.24, 2.45) is 11.8 Å². The quantitative estimate of drug-likeness (QED) is 0.914. The molecule has 17 heavy (non-hydrogen) atoms. The number of nitrogens with one attached hydrogen (secondary N) is 1. The second-order valence-electron chi connectivity index (χ2n) is 4.97. The van der Waals surface area contributed by atoms with Crippen molar-refractivity contribution in [1.29, 1.82) is 0 Å². The predicted molar refractivity (Wildman–Crippen MR) is 76.4 cm³/mol. The third-order valence-corrected chi connectivity index (χ3v) is 5.72. The average molecular weight is 288 g/mol. The Balaban J connectivity index is 1.94. The van der Waals surface area contributed by atoms with E-state index in [1.165, 1.54) is 11.3 Å². The van der Waals surface area contributed by atoms with Crippen molar-refractivity contribution in [3.63, 3.8) is 0 Å². The third kappa shape index (κ3) is 1.73. The van der Waals surface area contributed by atoms with Crippen LogP contribution in [0.3, 0.4) is 0 Å². The highest BCUT2D eigenvalue weighted by Gasteiger charge is 2.66. The van der Waals surface area contributed by atoms with Gasteiger partial charge in [0, 0.05) is 12.0 Å². The highest BCUT2D eigenvalue weighted by Crippen LogP contribution is 2.63. The van der Waals surface area contributed by atoms with Crippen LogP contribution in [-0.2, 0) is 5.41 Å². The van der Waals surface area contributed by atoms with Crippen LogP contribution < -0.4 is 5.32 Å². The topological polar surface area (TPSA) is 12.0 Å². The van der Waals surface area contributed by atoms with E-state index in [4.69, 9.17) is 23.2 Å². The molecule has 3 atom stereocenters. The molecule has 2 fully saturated rings. The molecule has 0 bridgehead atoms. The molecule has 1 aliphatic heterocycles. The highest BCUT2D eigenvalue weighted by atomic mass is 35.5. The molecule has 3 rings (SSSR count). The summed E-state index contributed by atoms with van der Waals surface area (Å²) in [5.74, 6) is 2.83. The fraction of sp³-hybridized carbons (Fsp3) is 0.538. The highest BCUT2D eigenvalue weighted by molar-refractivity contribution is 7.98. The number of thioether (sulfide) groups is 1. The lowest BCUT2D eigenvalue weighted by Gasteiger charge is -2.16. The Labute approximate surface area is 116 Å². The Morgan fingerprint density at radius 2 is 2.24 bits per heavy atom. The second kappa shape index (κ2) is 4.34. The van der Waals surface area contributed by atoms with Gasteiger partial charge in [0.1, 0.15) is 0 Å². The summed E-state index contributed by atoms with van der Waals surface area (Å²) in [5.41, 5.74) is 1.69. The molecule has 1 N–H and O–H groups in total. The maximum absolute atomic E-state index is 6.14. The van der Waals surface area contributed by atoms with Gasteiger partial charge in [-0.3, -0.25) is 0 Å². The van der Waals surface area contributed by atoms with E-state index in [1.54, 1.807) is 0 Å². The maximum atomic E-state index is 6.14. The normalized spacial score (nSPS) is 34.8. The number of rotatable bonds is 3. The average Bonchev–Trinajstić information content (AvgIpc) is 2.72. The van der Waals surface area contributed by atoms with Gasteiger partial charge in [0.2, 0.25) is 0 Å². The van der Waals surface area contributed by atoms with Crippen LogP contribution in [0, 0.1) is 11.8 Å². The van der Waals surface area contributed by atoms with Crippen LogP contribution in [0.4, 0.5) is 0 Å². The van der Waals surface area contributed by atoms with E-state index < -0.39 is 0 Å². The van der Waals surface area contributed by atoms with E-state index in [2.05, 4.69) is 23.7 Å². The summed E-state index contributed by atoms with van der Waals surface area (Å²) in [7, 11) is 0. The summed E-state index contributed by atoms with van der Waals surface area (Å²) in [6, 6.07) is 6.14. The summed E-state index contributed by atoms with van der Waals surface area (Å²) in [6.45, 7) is 2.23. The van der Waals surface area contributed by atoms with Gasteiger partial charge in [0.15, 0.2) is 0 Å². The molecule has 0 aromatic heterocycles. The van der Waals surface area contributed by atoms with Gasteiger partial charge in [-0.15, -0.1) is 0 Å². The minimum absolute atomic E-state index is 0.331. The first-order chi connectivity index (χ1) is 8.20. The zero-order valence-electron chi connectivity index (χ0n) is 9.67. The predicted octanol–water partition coefficient (Wildman–Crippen LogP) is 3.44. The molecular formula is C13H15Cl2NS. The van der Waals surface area contributed by atoms with Crippen LogP contribution in [0.2, 0.25) is 10.0 Å². The van der Waals surface area contributed by atoms with E-state index in [-0.39, 0.29) is 0 Å². The van der Waals surface area contributed by atoms with Crippen LogP contribution in [0.1, 0.15) is 5.56 Å². The van der Waals surface area contributed by atoms with E-state index >= 15 is 0 Å². The Kier molecular flexibility index (Phi) is 3.10. The Morgan fingerprint density at radius 3 is 2.94 bits per heavy atom. The standard InChI is InChI=1S/C13H15Cl2NS/c1-17-6-10-9-5-16-7-13(9,10)8-2-3-11(14)12(15)4-8/h2-4,9-10,16H,5-7H2,1H3/t9-,10+,13+/m1/s1. The Morgan fingerprint density at radius 1 is 1.41 bits per heavy atom. The summed E-state index contributed by atoms with van der Waals surface area (Å²) in [6.07, 6.45) is 2.18. The molecule has 1 heterocycles. The molecule has 1 aliphatic carbocycles. The van der Waals surface area contributed by atoms with Gasteiger partial charge in [0.05, 0.1) is 10.0 Å².